The predicted octanol–water partition coefficient (Wildman–Crippen LogP) is 0.842. The van der Waals surface area contributed by atoms with Crippen LogP contribution in [0.3, 0.4) is 0 Å². The summed E-state index contributed by atoms with van der Waals surface area (Å²) in [4.78, 5) is 11.3. The summed E-state index contributed by atoms with van der Waals surface area (Å²) in [5, 5.41) is 0. The van der Waals surface area contributed by atoms with Gasteiger partial charge in [-0.1, -0.05) is 6.92 Å². The third-order valence-electron chi connectivity index (χ3n) is 2.40. The topological polar surface area (TPSA) is 44.8 Å². The summed E-state index contributed by atoms with van der Waals surface area (Å²) >= 11 is 0. The first-order valence-corrected chi connectivity index (χ1v) is 4.59. The maximum atomic E-state index is 11.3. The quantitative estimate of drug-likeness (QED) is 0.569. The van der Waals surface area contributed by atoms with Gasteiger partial charge in [0.15, 0.2) is 11.9 Å². The Morgan fingerprint density at radius 3 is 2.69 bits per heavy atom. The van der Waals surface area contributed by atoms with Gasteiger partial charge in [0.05, 0.1) is 0 Å². The molecule has 2 heterocycles. The zero-order valence-electron chi connectivity index (χ0n) is 8.07. The average Bonchev–Trinajstić information content (AvgIpc) is 2.47. The van der Waals surface area contributed by atoms with Crippen molar-refractivity contribution >= 4 is 5.97 Å². The molecule has 74 valence electrons. The fourth-order valence-electron chi connectivity index (χ4n) is 1.84. The Bertz CT molecular complexity index is 236. The molecular weight excluding hydrogens is 172 g/mol. The van der Waals surface area contributed by atoms with E-state index in [-0.39, 0.29) is 18.2 Å². The standard InChI is InChI=1S/C9H14O4/c1-4-5-6-7(8(10)11-5)13-9(2,3)12-6/h5-7H,4H2,1-3H3/t5-,6?,7?/m0/s1. The zero-order valence-corrected chi connectivity index (χ0v) is 8.07. The van der Waals surface area contributed by atoms with Gasteiger partial charge in [0.2, 0.25) is 0 Å². The van der Waals surface area contributed by atoms with Crippen molar-refractivity contribution in [2.75, 3.05) is 0 Å². The summed E-state index contributed by atoms with van der Waals surface area (Å²) in [5.74, 6) is -0.940. The molecule has 2 rings (SSSR count). The third-order valence-corrected chi connectivity index (χ3v) is 2.40. The number of esters is 1. The Balaban J connectivity index is 2.17. The normalized spacial score (nSPS) is 41.8. The fraction of sp³-hybridized carbons (Fsp3) is 0.889. The van der Waals surface area contributed by atoms with Crippen molar-refractivity contribution in [2.24, 2.45) is 0 Å². The van der Waals surface area contributed by atoms with Gasteiger partial charge in [0.25, 0.3) is 0 Å². The number of carbonyl (C=O) groups is 1. The van der Waals surface area contributed by atoms with Crippen molar-refractivity contribution in [2.45, 2.75) is 51.3 Å². The molecule has 0 radical (unpaired) electrons. The molecule has 0 spiro atoms. The van der Waals surface area contributed by atoms with E-state index >= 15 is 0 Å². The number of ether oxygens (including phenoxy) is 3. The van der Waals surface area contributed by atoms with Gasteiger partial charge in [-0.05, 0) is 20.3 Å². The Labute approximate surface area is 77.1 Å². The number of carbonyl (C=O) groups excluding carboxylic acids is 1. The first kappa shape index (κ1) is 8.97. The minimum atomic E-state index is -0.651. The smallest absolute Gasteiger partial charge is 0.338 e. The van der Waals surface area contributed by atoms with E-state index in [4.69, 9.17) is 14.2 Å². The molecule has 0 aliphatic carbocycles. The Morgan fingerprint density at radius 1 is 1.38 bits per heavy atom. The van der Waals surface area contributed by atoms with Crippen molar-refractivity contribution in [3.63, 3.8) is 0 Å². The lowest BCUT2D eigenvalue weighted by molar-refractivity contribution is -0.186. The van der Waals surface area contributed by atoms with Crippen LogP contribution >= 0.6 is 0 Å². The van der Waals surface area contributed by atoms with E-state index in [0.29, 0.717) is 0 Å². The molecular formula is C9H14O4. The first-order valence-electron chi connectivity index (χ1n) is 4.59. The second-order valence-electron chi connectivity index (χ2n) is 3.90. The molecule has 0 bridgehead atoms. The predicted molar refractivity (Wildman–Crippen MR) is 44.0 cm³/mol. The molecule has 4 nitrogen and oxygen atoms in total. The van der Waals surface area contributed by atoms with Crippen molar-refractivity contribution < 1.29 is 19.0 Å². The molecule has 2 saturated heterocycles. The summed E-state index contributed by atoms with van der Waals surface area (Å²) in [6.07, 6.45) is -0.0986. The molecule has 2 unspecified atom stereocenters. The van der Waals surface area contributed by atoms with Crippen LogP contribution in [0.4, 0.5) is 0 Å². The van der Waals surface area contributed by atoms with Crippen molar-refractivity contribution in [1.82, 2.24) is 0 Å². The van der Waals surface area contributed by atoms with E-state index in [0.717, 1.165) is 6.42 Å². The van der Waals surface area contributed by atoms with Gasteiger partial charge < -0.3 is 14.2 Å². The van der Waals surface area contributed by atoms with E-state index in [1.165, 1.54) is 0 Å². The molecule has 3 atom stereocenters. The van der Waals surface area contributed by atoms with Gasteiger partial charge in [-0.2, -0.15) is 0 Å². The first-order chi connectivity index (χ1) is 6.03. The van der Waals surface area contributed by atoms with Gasteiger partial charge in [0.1, 0.15) is 12.2 Å². The molecule has 2 fully saturated rings. The van der Waals surface area contributed by atoms with Crippen LogP contribution in [0.1, 0.15) is 27.2 Å². The van der Waals surface area contributed by atoms with Crippen LogP contribution in [0.15, 0.2) is 0 Å². The van der Waals surface area contributed by atoms with Crippen LogP contribution in [0.25, 0.3) is 0 Å². The van der Waals surface area contributed by atoms with Crippen LogP contribution < -0.4 is 0 Å². The molecule has 0 aromatic carbocycles. The van der Waals surface area contributed by atoms with E-state index in [1.54, 1.807) is 0 Å². The molecule has 0 aromatic heterocycles. The minimum absolute atomic E-state index is 0.140. The molecule has 0 N–H and O–H groups in total. The second-order valence-corrected chi connectivity index (χ2v) is 3.90. The summed E-state index contributed by atoms with van der Waals surface area (Å²) in [6.45, 7) is 5.59. The fourth-order valence-corrected chi connectivity index (χ4v) is 1.84. The van der Waals surface area contributed by atoms with Crippen LogP contribution in [0, 0.1) is 0 Å². The highest BCUT2D eigenvalue weighted by Gasteiger charge is 2.55. The number of fused-ring (bicyclic) bond motifs is 1. The van der Waals surface area contributed by atoms with E-state index < -0.39 is 11.9 Å². The van der Waals surface area contributed by atoms with Crippen LogP contribution in [-0.4, -0.2) is 30.1 Å². The lowest BCUT2D eigenvalue weighted by Gasteiger charge is -2.20. The van der Waals surface area contributed by atoms with Crippen molar-refractivity contribution in [3.8, 4) is 0 Å². The monoisotopic (exact) mass is 186 g/mol. The summed E-state index contributed by atoms with van der Waals surface area (Å²) in [5.41, 5.74) is 0. The molecule has 4 heteroatoms. The SMILES string of the molecule is CC[C@@H]1OC(=O)C2OC(C)(C)OC21. The van der Waals surface area contributed by atoms with E-state index in [1.807, 2.05) is 20.8 Å². The molecule has 2 aliphatic heterocycles. The average molecular weight is 186 g/mol. The van der Waals surface area contributed by atoms with Crippen molar-refractivity contribution in [1.29, 1.82) is 0 Å². The molecule has 2 aliphatic rings. The summed E-state index contributed by atoms with van der Waals surface area (Å²) in [6, 6.07) is 0. The number of hydrogen-bond acceptors (Lipinski definition) is 4. The lowest BCUT2D eigenvalue weighted by atomic mass is 10.1. The van der Waals surface area contributed by atoms with Crippen LogP contribution in [0.2, 0.25) is 0 Å². The van der Waals surface area contributed by atoms with E-state index in [9.17, 15) is 4.79 Å². The van der Waals surface area contributed by atoms with Gasteiger partial charge in [0, 0.05) is 0 Å². The second kappa shape index (κ2) is 2.69. The Hall–Kier alpha value is -0.610. The van der Waals surface area contributed by atoms with E-state index in [2.05, 4.69) is 0 Å². The molecule has 0 amide bonds. The van der Waals surface area contributed by atoms with Gasteiger partial charge in [-0.15, -0.1) is 0 Å². The van der Waals surface area contributed by atoms with Gasteiger partial charge >= 0.3 is 5.97 Å². The lowest BCUT2D eigenvalue weighted by Crippen LogP contribution is -2.28. The highest BCUT2D eigenvalue weighted by atomic mass is 16.8. The maximum Gasteiger partial charge on any atom is 0.338 e. The largest absolute Gasteiger partial charge is 0.457 e. The Morgan fingerprint density at radius 2 is 2.08 bits per heavy atom. The van der Waals surface area contributed by atoms with Crippen LogP contribution in [-0.2, 0) is 19.0 Å². The van der Waals surface area contributed by atoms with Gasteiger partial charge in [-0.3, -0.25) is 0 Å². The minimum Gasteiger partial charge on any atom is -0.457 e. The molecule has 13 heavy (non-hydrogen) atoms. The summed E-state index contributed by atoms with van der Waals surface area (Å²) < 4.78 is 16.1. The molecule has 0 aromatic rings. The van der Waals surface area contributed by atoms with Crippen molar-refractivity contribution in [3.05, 3.63) is 0 Å². The Kier molecular flexibility index (Phi) is 1.85. The third kappa shape index (κ3) is 1.34. The highest BCUT2D eigenvalue weighted by Crippen LogP contribution is 2.36. The summed E-state index contributed by atoms with van der Waals surface area (Å²) in [7, 11) is 0. The molecule has 0 saturated carbocycles. The van der Waals surface area contributed by atoms with Gasteiger partial charge in [-0.25, -0.2) is 4.79 Å². The number of hydrogen-bond donors (Lipinski definition) is 0. The maximum absolute atomic E-state index is 11.3. The highest BCUT2D eigenvalue weighted by molar-refractivity contribution is 5.78. The number of rotatable bonds is 1. The number of cyclic esters (lactones) is 1. The zero-order chi connectivity index (χ0) is 9.64. The van der Waals surface area contributed by atoms with Crippen LogP contribution in [0.5, 0.6) is 0 Å².